The fraction of sp³-hybridized carbons (Fsp3) is 0.250. The van der Waals surface area contributed by atoms with Crippen LogP contribution in [0.4, 0.5) is 51.7 Å². The molecule has 0 amide bonds. The largest absolute Gasteiger partial charge is 0.311 e. The predicted octanol–water partition coefficient (Wildman–Crippen LogP) is 8.79. The molecule has 0 N–H and O–H groups in total. The summed E-state index contributed by atoms with van der Waals surface area (Å²) in [5.74, 6) is 0.771. The third kappa shape index (κ3) is 4.04. The van der Waals surface area contributed by atoms with Crippen LogP contribution in [0.5, 0.6) is 0 Å². The molecule has 0 unspecified atom stereocenters. The highest BCUT2D eigenvalue weighted by Gasteiger charge is 2.53. The Balaban J connectivity index is 1.31. The summed E-state index contributed by atoms with van der Waals surface area (Å²) < 4.78 is 59.0. The molecule has 4 bridgehead atoms. The van der Waals surface area contributed by atoms with Crippen molar-refractivity contribution < 1.29 is 17.6 Å². The number of rotatable bonds is 3. The molecular weight excluding hydrogens is 595 g/mol. The molecule has 7 heteroatoms. The average molecular weight is 627 g/mol. The number of nitrogens with zero attached hydrogens (tertiary/aromatic N) is 2. The van der Waals surface area contributed by atoms with E-state index >= 15 is 8.78 Å². The van der Waals surface area contributed by atoms with Crippen LogP contribution in [0.2, 0.25) is 0 Å². The van der Waals surface area contributed by atoms with E-state index in [1.165, 1.54) is 80.5 Å². The fourth-order valence-corrected chi connectivity index (χ4v) is 10.5. The minimum absolute atomic E-state index is 0.0465. The summed E-state index contributed by atoms with van der Waals surface area (Å²) in [6, 6.07) is 27.2. The van der Waals surface area contributed by atoms with Gasteiger partial charge in [0, 0.05) is 34.1 Å². The van der Waals surface area contributed by atoms with E-state index in [1.54, 1.807) is 48.5 Å². The third-order valence-electron chi connectivity index (χ3n) is 11.8. The molecule has 4 aliphatic carbocycles. The highest BCUT2D eigenvalue weighted by atomic mass is 19.1. The van der Waals surface area contributed by atoms with Crippen LogP contribution in [0.25, 0.3) is 0 Å². The fourth-order valence-electron chi connectivity index (χ4n) is 10.5. The van der Waals surface area contributed by atoms with Crippen LogP contribution in [-0.4, -0.2) is 6.71 Å². The van der Waals surface area contributed by atoms with Crippen molar-refractivity contribution in [1.82, 2.24) is 0 Å². The molecule has 2 nitrogen and oxygen atoms in total. The summed E-state index contributed by atoms with van der Waals surface area (Å²) in [5.41, 5.74) is 8.68. The van der Waals surface area contributed by atoms with Gasteiger partial charge in [-0.05, 0) is 181 Å². The Labute approximate surface area is 271 Å². The van der Waals surface area contributed by atoms with Gasteiger partial charge in [0.15, 0.2) is 0 Å². The quantitative estimate of drug-likeness (QED) is 0.143. The van der Waals surface area contributed by atoms with Crippen molar-refractivity contribution in [3.05, 3.63) is 126 Å². The number of halogens is 4. The Morgan fingerprint density at radius 1 is 0.489 bits per heavy atom. The van der Waals surface area contributed by atoms with Gasteiger partial charge >= 0.3 is 0 Å². The predicted molar refractivity (Wildman–Crippen MR) is 180 cm³/mol. The first-order chi connectivity index (χ1) is 22.8. The second-order valence-electron chi connectivity index (χ2n) is 14.6. The average Bonchev–Trinajstić information content (AvgIpc) is 3.05. The van der Waals surface area contributed by atoms with Crippen LogP contribution in [0, 0.1) is 41.0 Å². The summed E-state index contributed by atoms with van der Waals surface area (Å²) in [7, 11) is 0. The molecule has 4 fully saturated rings. The molecule has 0 radical (unpaired) electrons. The van der Waals surface area contributed by atoms with Gasteiger partial charge in [-0.25, -0.2) is 17.6 Å². The maximum atomic E-state index is 15.2. The molecule has 0 atom stereocenters. The Morgan fingerprint density at radius 3 is 1.32 bits per heavy atom. The topological polar surface area (TPSA) is 6.48 Å². The highest BCUT2D eigenvalue weighted by molar-refractivity contribution is 7.00. The number of hydrogen-bond donors (Lipinski definition) is 0. The minimum Gasteiger partial charge on any atom is -0.311 e. The van der Waals surface area contributed by atoms with E-state index in [-0.39, 0.29) is 28.7 Å². The lowest BCUT2D eigenvalue weighted by Gasteiger charge is -2.57. The molecule has 47 heavy (non-hydrogen) atoms. The van der Waals surface area contributed by atoms with Crippen molar-refractivity contribution in [1.29, 1.82) is 0 Å². The van der Waals surface area contributed by atoms with Gasteiger partial charge in [0.1, 0.15) is 23.3 Å². The molecule has 232 valence electrons. The molecule has 0 spiro atoms. The van der Waals surface area contributed by atoms with Crippen molar-refractivity contribution in [2.24, 2.45) is 17.8 Å². The molecular formula is C40H31BF4N2. The number of anilines is 6. The Kier molecular flexibility index (Phi) is 5.73. The van der Waals surface area contributed by atoms with E-state index in [2.05, 4.69) is 21.9 Å². The molecule has 11 rings (SSSR count). The first-order valence-corrected chi connectivity index (χ1v) is 16.7. The maximum absolute atomic E-state index is 15.2. The second-order valence-corrected chi connectivity index (χ2v) is 14.6. The van der Waals surface area contributed by atoms with Crippen molar-refractivity contribution in [2.45, 2.75) is 43.9 Å². The Morgan fingerprint density at radius 2 is 0.894 bits per heavy atom. The minimum atomic E-state index is -0.449. The van der Waals surface area contributed by atoms with E-state index in [0.29, 0.717) is 0 Å². The van der Waals surface area contributed by atoms with Crippen LogP contribution in [0.3, 0.4) is 0 Å². The summed E-state index contributed by atoms with van der Waals surface area (Å²) in [4.78, 5) is 4.25. The van der Waals surface area contributed by atoms with Crippen LogP contribution in [-0.2, 0) is 5.41 Å². The van der Waals surface area contributed by atoms with E-state index in [4.69, 9.17) is 0 Å². The van der Waals surface area contributed by atoms with Crippen LogP contribution >= 0.6 is 0 Å². The summed E-state index contributed by atoms with van der Waals surface area (Å²) in [5, 5.41) is 0. The van der Waals surface area contributed by atoms with Crippen LogP contribution in [0.1, 0.15) is 44.1 Å². The first kappa shape index (κ1) is 27.6. The van der Waals surface area contributed by atoms with Gasteiger partial charge in [-0.15, -0.1) is 0 Å². The monoisotopic (exact) mass is 626 g/mol. The van der Waals surface area contributed by atoms with E-state index in [1.807, 2.05) is 0 Å². The maximum Gasteiger partial charge on any atom is 0.252 e. The number of fused-ring (bicyclic) bond motifs is 4. The van der Waals surface area contributed by atoms with Crippen molar-refractivity contribution >= 4 is 57.2 Å². The molecule has 5 aromatic rings. The number of hydrogen-bond acceptors (Lipinski definition) is 2. The zero-order chi connectivity index (χ0) is 31.6. The van der Waals surface area contributed by atoms with Gasteiger partial charge in [0.25, 0.3) is 6.71 Å². The van der Waals surface area contributed by atoms with E-state index < -0.39 is 6.71 Å². The molecule has 4 saturated carbocycles. The molecule has 2 heterocycles. The number of benzene rings is 5. The summed E-state index contributed by atoms with van der Waals surface area (Å²) >= 11 is 0. The summed E-state index contributed by atoms with van der Waals surface area (Å²) in [6.07, 6.45) is 7.45. The SMILES string of the molecule is Fc1ccc(N2c3ccc(F)cc3B3c4cc(F)ccc4N(c4ccc(F)cc4)c4cc(C56CC7CC(CC(C7)C5)C6)cc2c43)cc1. The second kappa shape index (κ2) is 9.76. The molecule has 0 aromatic heterocycles. The lowest BCUT2D eigenvalue weighted by molar-refractivity contribution is -0.00514. The Bertz CT molecular complexity index is 1930. The van der Waals surface area contributed by atoms with Gasteiger partial charge in [-0.2, -0.15) is 0 Å². The normalized spacial score (nSPS) is 24.7. The molecule has 6 aliphatic rings. The van der Waals surface area contributed by atoms with Gasteiger partial charge in [0.05, 0.1) is 0 Å². The highest BCUT2D eigenvalue weighted by Crippen LogP contribution is 2.61. The van der Waals surface area contributed by atoms with Gasteiger partial charge in [0.2, 0.25) is 0 Å². The van der Waals surface area contributed by atoms with Crippen LogP contribution < -0.4 is 26.2 Å². The zero-order valence-corrected chi connectivity index (χ0v) is 25.7. The van der Waals surface area contributed by atoms with E-state index in [0.717, 1.165) is 68.3 Å². The van der Waals surface area contributed by atoms with E-state index in [9.17, 15) is 8.78 Å². The van der Waals surface area contributed by atoms with Gasteiger partial charge in [-0.3, -0.25) is 0 Å². The zero-order valence-electron chi connectivity index (χ0n) is 25.7. The smallest absolute Gasteiger partial charge is 0.252 e. The molecule has 5 aromatic carbocycles. The summed E-state index contributed by atoms with van der Waals surface area (Å²) in [6.45, 7) is -0.449. The van der Waals surface area contributed by atoms with Gasteiger partial charge in [-0.1, -0.05) is 0 Å². The Hall–Kier alpha value is -4.52. The van der Waals surface area contributed by atoms with Gasteiger partial charge < -0.3 is 9.80 Å². The standard InChI is InChI=1S/C40H31BF4N2/c42-27-1-7-31(8-2-27)46-35-11-5-29(44)18-33(35)41-34-19-30(45)6-12-36(34)47(32-9-3-28(43)4-10-32)38-17-26(16-37(46)39(38)41)40-20-23-13-24(21-40)15-25(14-23)22-40/h1-12,16-19,23-25H,13-15,20-22H2. The lowest BCUT2D eigenvalue weighted by Crippen LogP contribution is -2.61. The lowest BCUT2D eigenvalue weighted by atomic mass is 9.33. The van der Waals surface area contributed by atoms with Crippen molar-refractivity contribution in [2.75, 3.05) is 9.80 Å². The van der Waals surface area contributed by atoms with Crippen molar-refractivity contribution in [3.63, 3.8) is 0 Å². The first-order valence-electron chi connectivity index (χ1n) is 16.7. The van der Waals surface area contributed by atoms with Crippen molar-refractivity contribution in [3.8, 4) is 0 Å². The molecule has 2 aliphatic heterocycles. The molecule has 0 saturated heterocycles. The third-order valence-corrected chi connectivity index (χ3v) is 11.8. The van der Waals surface area contributed by atoms with Crippen LogP contribution in [0.15, 0.2) is 97.1 Å².